The lowest BCUT2D eigenvalue weighted by Gasteiger charge is -2.41. The normalized spacial score (nSPS) is 20.3. The van der Waals surface area contributed by atoms with E-state index in [1.54, 1.807) is 12.1 Å². The lowest BCUT2D eigenvalue weighted by Crippen LogP contribution is -2.37. The van der Waals surface area contributed by atoms with E-state index in [4.69, 9.17) is 0 Å². The second kappa shape index (κ2) is 9.63. The van der Waals surface area contributed by atoms with Crippen molar-refractivity contribution in [2.75, 3.05) is 17.2 Å². The summed E-state index contributed by atoms with van der Waals surface area (Å²) < 4.78 is 40.6. The Balaban J connectivity index is 1.58. The van der Waals surface area contributed by atoms with Gasteiger partial charge in [0.25, 0.3) is 0 Å². The quantitative estimate of drug-likeness (QED) is 0.581. The van der Waals surface area contributed by atoms with Crippen LogP contribution in [0.4, 0.5) is 24.9 Å². The highest BCUT2D eigenvalue weighted by molar-refractivity contribution is 5.54. The molecule has 3 rings (SSSR count). The Morgan fingerprint density at radius 3 is 2.56 bits per heavy atom. The molecule has 0 amide bonds. The molecule has 6 nitrogen and oxygen atoms in total. The van der Waals surface area contributed by atoms with E-state index >= 15 is 0 Å². The number of rotatable bonds is 7. The molecule has 172 valence electrons. The minimum atomic E-state index is -4.70. The molecule has 0 aliphatic heterocycles. The van der Waals surface area contributed by atoms with Crippen molar-refractivity contribution in [3.63, 3.8) is 0 Å². The maximum atomic E-state index is 12.3. The van der Waals surface area contributed by atoms with Crippen molar-refractivity contribution in [3.05, 3.63) is 41.6 Å². The SMILES string of the molecule is C[C@H]1CC[C@@H](Nc2nc(NCCc3ccc(OC(F)(F)F)cc3)ncc2C#N)CC1(C)C. The third-order valence-corrected chi connectivity index (χ3v) is 6.16. The zero-order valence-corrected chi connectivity index (χ0v) is 18.5. The van der Waals surface area contributed by atoms with Gasteiger partial charge in [-0.25, -0.2) is 4.98 Å². The molecule has 0 unspecified atom stereocenters. The van der Waals surface area contributed by atoms with Crippen LogP contribution in [0.5, 0.6) is 5.75 Å². The Hall–Kier alpha value is -3.02. The Labute approximate surface area is 186 Å². The first-order valence-electron chi connectivity index (χ1n) is 10.7. The highest BCUT2D eigenvalue weighted by Crippen LogP contribution is 2.41. The Bertz CT molecular complexity index is 954. The van der Waals surface area contributed by atoms with Crippen LogP contribution in [-0.2, 0) is 6.42 Å². The van der Waals surface area contributed by atoms with Gasteiger partial charge < -0.3 is 15.4 Å². The first-order valence-corrected chi connectivity index (χ1v) is 10.7. The van der Waals surface area contributed by atoms with Crippen LogP contribution in [0.3, 0.4) is 0 Å². The van der Waals surface area contributed by atoms with E-state index in [-0.39, 0.29) is 17.2 Å². The standard InChI is InChI=1S/C23H28F3N5O/c1-15-4-7-18(12-22(15,2)3)30-20-17(13-27)14-29-21(31-20)28-11-10-16-5-8-19(9-6-16)32-23(24,25)26/h5-6,8-9,14-15,18H,4,7,10-12H2,1-3H3,(H2,28,29,30,31)/t15-,18+/m0/s1. The van der Waals surface area contributed by atoms with Crippen molar-refractivity contribution in [1.29, 1.82) is 5.26 Å². The highest BCUT2D eigenvalue weighted by Gasteiger charge is 2.34. The molecule has 2 aromatic rings. The number of ether oxygens (including phenoxy) is 1. The van der Waals surface area contributed by atoms with Crippen molar-refractivity contribution in [1.82, 2.24) is 9.97 Å². The zero-order chi connectivity index (χ0) is 23.4. The maximum absolute atomic E-state index is 12.3. The highest BCUT2D eigenvalue weighted by atomic mass is 19.4. The fraction of sp³-hybridized carbons (Fsp3) is 0.522. The summed E-state index contributed by atoms with van der Waals surface area (Å²) in [4.78, 5) is 8.69. The molecule has 1 saturated carbocycles. The Morgan fingerprint density at radius 1 is 1.22 bits per heavy atom. The molecule has 0 spiro atoms. The molecule has 0 radical (unpaired) electrons. The first-order chi connectivity index (χ1) is 15.1. The molecule has 0 saturated heterocycles. The Morgan fingerprint density at radius 2 is 1.94 bits per heavy atom. The molecule has 0 bridgehead atoms. The molecular formula is C23H28F3N5O. The number of benzene rings is 1. The number of alkyl halides is 3. The third kappa shape index (κ3) is 6.49. The average molecular weight is 448 g/mol. The van der Waals surface area contributed by atoms with Crippen molar-refractivity contribution in [2.24, 2.45) is 11.3 Å². The van der Waals surface area contributed by atoms with Crippen LogP contribution in [-0.4, -0.2) is 28.9 Å². The van der Waals surface area contributed by atoms with Gasteiger partial charge in [-0.05, 0) is 54.7 Å². The van der Waals surface area contributed by atoms with Crippen molar-refractivity contribution in [2.45, 2.75) is 58.9 Å². The van der Waals surface area contributed by atoms with Gasteiger partial charge in [-0.3, -0.25) is 0 Å². The molecule has 2 atom stereocenters. The summed E-state index contributed by atoms with van der Waals surface area (Å²) in [6.07, 6.45) is 0.504. The van der Waals surface area contributed by atoms with Gasteiger partial charge in [0.05, 0.1) is 6.20 Å². The topological polar surface area (TPSA) is 82.9 Å². The van der Waals surface area contributed by atoms with Crippen molar-refractivity contribution < 1.29 is 17.9 Å². The number of nitrogens with one attached hydrogen (secondary N) is 2. The number of nitriles is 1. The summed E-state index contributed by atoms with van der Waals surface area (Å²) in [7, 11) is 0. The van der Waals surface area contributed by atoms with Crippen LogP contribution in [0.1, 0.15) is 51.2 Å². The predicted octanol–water partition coefficient (Wildman–Crippen LogP) is 5.53. The van der Waals surface area contributed by atoms with E-state index in [1.165, 1.54) is 18.3 Å². The predicted molar refractivity (Wildman–Crippen MR) is 116 cm³/mol. The van der Waals surface area contributed by atoms with Gasteiger partial charge in [0.15, 0.2) is 0 Å². The van der Waals surface area contributed by atoms with Crippen LogP contribution in [0.25, 0.3) is 0 Å². The van der Waals surface area contributed by atoms with Crippen LogP contribution >= 0.6 is 0 Å². The van der Waals surface area contributed by atoms with Gasteiger partial charge in [-0.15, -0.1) is 13.2 Å². The lowest BCUT2D eigenvalue weighted by molar-refractivity contribution is -0.274. The minimum Gasteiger partial charge on any atom is -0.406 e. The number of halogens is 3. The second-order valence-electron chi connectivity index (χ2n) is 8.95. The fourth-order valence-corrected chi connectivity index (χ4v) is 3.93. The van der Waals surface area contributed by atoms with Gasteiger partial charge in [-0.1, -0.05) is 32.9 Å². The summed E-state index contributed by atoms with van der Waals surface area (Å²) in [5.41, 5.74) is 1.46. The number of hydrogen-bond acceptors (Lipinski definition) is 6. The van der Waals surface area contributed by atoms with Crippen LogP contribution in [0.2, 0.25) is 0 Å². The van der Waals surface area contributed by atoms with Crippen molar-refractivity contribution >= 4 is 11.8 Å². The molecular weight excluding hydrogens is 419 g/mol. The summed E-state index contributed by atoms with van der Waals surface area (Å²) in [5.74, 6) is 1.31. The molecule has 1 fully saturated rings. The molecule has 9 heteroatoms. The number of hydrogen-bond donors (Lipinski definition) is 2. The molecule has 32 heavy (non-hydrogen) atoms. The van der Waals surface area contributed by atoms with E-state index in [2.05, 4.69) is 52.2 Å². The average Bonchev–Trinajstić information content (AvgIpc) is 2.71. The van der Waals surface area contributed by atoms with Gasteiger partial charge in [0.1, 0.15) is 23.2 Å². The van der Waals surface area contributed by atoms with E-state index in [9.17, 15) is 18.4 Å². The minimum absolute atomic E-state index is 0.220. The zero-order valence-electron chi connectivity index (χ0n) is 18.5. The molecule has 1 aromatic heterocycles. The summed E-state index contributed by atoms with van der Waals surface area (Å²) >= 11 is 0. The molecule has 1 aromatic carbocycles. The lowest BCUT2D eigenvalue weighted by atomic mass is 9.68. The molecule has 1 heterocycles. The van der Waals surface area contributed by atoms with E-state index < -0.39 is 6.36 Å². The van der Waals surface area contributed by atoms with E-state index in [0.29, 0.717) is 36.2 Å². The fourth-order valence-electron chi connectivity index (χ4n) is 3.93. The second-order valence-corrected chi connectivity index (χ2v) is 8.95. The number of anilines is 2. The van der Waals surface area contributed by atoms with Crippen LogP contribution < -0.4 is 15.4 Å². The van der Waals surface area contributed by atoms with Crippen LogP contribution in [0, 0.1) is 22.7 Å². The van der Waals surface area contributed by atoms with E-state index in [1.807, 2.05) is 0 Å². The summed E-state index contributed by atoms with van der Waals surface area (Å²) in [5, 5.41) is 16.0. The maximum Gasteiger partial charge on any atom is 0.573 e. The largest absolute Gasteiger partial charge is 0.573 e. The number of aromatic nitrogens is 2. The third-order valence-electron chi connectivity index (χ3n) is 6.16. The number of nitrogens with zero attached hydrogens (tertiary/aromatic N) is 3. The Kier molecular flexibility index (Phi) is 7.12. The summed E-state index contributed by atoms with van der Waals surface area (Å²) in [6, 6.07) is 8.13. The first kappa shape index (κ1) is 23.6. The van der Waals surface area contributed by atoms with Crippen molar-refractivity contribution in [3.8, 4) is 11.8 Å². The summed E-state index contributed by atoms with van der Waals surface area (Å²) in [6.45, 7) is 7.30. The van der Waals surface area contributed by atoms with Gasteiger partial charge in [0, 0.05) is 12.6 Å². The van der Waals surface area contributed by atoms with Gasteiger partial charge in [-0.2, -0.15) is 10.2 Å². The smallest absolute Gasteiger partial charge is 0.406 e. The van der Waals surface area contributed by atoms with Gasteiger partial charge >= 0.3 is 6.36 Å². The van der Waals surface area contributed by atoms with E-state index in [0.717, 1.165) is 24.8 Å². The molecule has 1 aliphatic rings. The monoisotopic (exact) mass is 447 g/mol. The molecule has 1 aliphatic carbocycles. The molecule has 2 N–H and O–H groups in total. The van der Waals surface area contributed by atoms with Gasteiger partial charge in [0.2, 0.25) is 5.95 Å². The van der Waals surface area contributed by atoms with Crippen LogP contribution in [0.15, 0.2) is 30.5 Å².